The molecule has 1 N–H and O–H groups in total. The number of rotatable bonds is 8. The molecule has 3 aromatic carbocycles. The number of benzene rings is 3. The van der Waals surface area contributed by atoms with Crippen LogP contribution in [-0.4, -0.2) is 34.2 Å². The molecule has 1 heterocycles. The molecule has 0 spiro atoms. The Morgan fingerprint density at radius 1 is 0.909 bits per heavy atom. The van der Waals surface area contributed by atoms with Crippen LogP contribution in [0.25, 0.3) is 10.8 Å². The highest BCUT2D eigenvalue weighted by Crippen LogP contribution is 2.15. The number of fused-ring (bicyclic) bond motifs is 1. The van der Waals surface area contributed by atoms with Gasteiger partial charge in [0.25, 0.3) is 11.5 Å². The van der Waals surface area contributed by atoms with Crippen LogP contribution in [0, 0.1) is 0 Å². The molecule has 4 aromatic rings. The number of carbonyl (C=O) groups excluding carboxylic acids is 1. The smallest absolute Gasteiger partial charge is 0.274 e. The first-order chi connectivity index (χ1) is 16.0. The van der Waals surface area contributed by atoms with Crippen LogP contribution in [0.2, 0.25) is 0 Å². The lowest BCUT2D eigenvalue weighted by molar-refractivity contribution is 0.0945. The van der Waals surface area contributed by atoms with Crippen molar-refractivity contribution in [2.24, 2.45) is 0 Å². The third kappa shape index (κ3) is 5.35. The number of carbonyl (C=O) groups is 1. The Bertz CT molecular complexity index is 1310. The largest absolute Gasteiger partial charge is 0.347 e. The topological polar surface area (TPSA) is 67.2 Å². The van der Waals surface area contributed by atoms with E-state index in [9.17, 15) is 9.59 Å². The maximum Gasteiger partial charge on any atom is 0.274 e. The zero-order valence-electron chi connectivity index (χ0n) is 19.0. The predicted octanol–water partition coefficient (Wildman–Crippen LogP) is 3.83. The zero-order chi connectivity index (χ0) is 23.2. The van der Waals surface area contributed by atoms with E-state index in [1.54, 1.807) is 18.2 Å². The van der Waals surface area contributed by atoms with Crippen molar-refractivity contribution in [3.05, 3.63) is 112 Å². The summed E-state index contributed by atoms with van der Waals surface area (Å²) >= 11 is 0. The van der Waals surface area contributed by atoms with Gasteiger partial charge in [-0.3, -0.25) is 9.59 Å². The summed E-state index contributed by atoms with van der Waals surface area (Å²) in [6.07, 6.45) is 0. The number of hydrogen-bond acceptors (Lipinski definition) is 4. The molecule has 0 unspecified atom stereocenters. The average molecular weight is 441 g/mol. The van der Waals surface area contributed by atoms with E-state index in [2.05, 4.69) is 41.4 Å². The first-order valence-corrected chi connectivity index (χ1v) is 11.1. The second-order valence-corrected chi connectivity index (χ2v) is 8.18. The maximum atomic E-state index is 13.2. The molecule has 0 bridgehead atoms. The van der Waals surface area contributed by atoms with Gasteiger partial charge >= 0.3 is 0 Å². The van der Waals surface area contributed by atoms with Gasteiger partial charge in [-0.1, -0.05) is 79.7 Å². The molecular formula is C27H28N4O2. The monoisotopic (exact) mass is 440 g/mol. The Morgan fingerprint density at radius 3 is 2.33 bits per heavy atom. The van der Waals surface area contributed by atoms with Gasteiger partial charge in [0.1, 0.15) is 0 Å². The van der Waals surface area contributed by atoms with Crippen LogP contribution in [0.3, 0.4) is 0 Å². The van der Waals surface area contributed by atoms with Crippen molar-refractivity contribution in [3.8, 4) is 0 Å². The van der Waals surface area contributed by atoms with E-state index >= 15 is 0 Å². The summed E-state index contributed by atoms with van der Waals surface area (Å²) in [5, 5.41) is 8.49. The quantitative estimate of drug-likeness (QED) is 0.452. The Balaban J connectivity index is 1.60. The van der Waals surface area contributed by atoms with Gasteiger partial charge < -0.3 is 10.2 Å². The summed E-state index contributed by atoms with van der Waals surface area (Å²) in [5.41, 5.74) is 3.21. The van der Waals surface area contributed by atoms with Gasteiger partial charge in [-0.15, -0.1) is 0 Å². The lowest BCUT2D eigenvalue weighted by Crippen LogP contribution is -2.30. The van der Waals surface area contributed by atoms with Crippen LogP contribution in [0.15, 0.2) is 83.7 Å². The van der Waals surface area contributed by atoms with E-state index in [0.29, 0.717) is 23.9 Å². The molecule has 0 fully saturated rings. The van der Waals surface area contributed by atoms with Crippen molar-refractivity contribution < 1.29 is 4.79 Å². The van der Waals surface area contributed by atoms with Crippen LogP contribution >= 0.6 is 0 Å². The molecule has 4 rings (SSSR count). The summed E-state index contributed by atoms with van der Waals surface area (Å²) in [7, 11) is 2.08. The molecule has 6 nitrogen and oxygen atoms in total. The molecule has 1 aromatic heterocycles. The lowest BCUT2D eigenvalue weighted by Gasteiger charge is -2.15. The van der Waals surface area contributed by atoms with Crippen LogP contribution < -0.4 is 10.9 Å². The second-order valence-electron chi connectivity index (χ2n) is 8.18. The fourth-order valence-electron chi connectivity index (χ4n) is 3.79. The van der Waals surface area contributed by atoms with Gasteiger partial charge in [0.15, 0.2) is 5.69 Å². The Labute approximate surface area is 193 Å². The highest BCUT2D eigenvalue weighted by atomic mass is 16.2. The molecule has 1 amide bonds. The third-order valence-electron chi connectivity index (χ3n) is 5.69. The third-order valence-corrected chi connectivity index (χ3v) is 5.69. The molecule has 0 saturated carbocycles. The maximum absolute atomic E-state index is 13.2. The normalized spacial score (nSPS) is 11.1. The van der Waals surface area contributed by atoms with Crippen molar-refractivity contribution in [2.45, 2.75) is 26.6 Å². The first kappa shape index (κ1) is 22.4. The van der Waals surface area contributed by atoms with Crippen molar-refractivity contribution in [2.75, 3.05) is 13.6 Å². The molecule has 168 valence electrons. The number of nitrogens with one attached hydrogen (secondary N) is 1. The minimum absolute atomic E-state index is 0.209. The minimum atomic E-state index is -0.302. The van der Waals surface area contributed by atoms with Gasteiger partial charge in [0.05, 0.1) is 11.9 Å². The Morgan fingerprint density at radius 2 is 1.58 bits per heavy atom. The summed E-state index contributed by atoms with van der Waals surface area (Å²) in [4.78, 5) is 28.4. The SMILES string of the molecule is CCN(C)Cc1cccc(CNC(=O)c2nn(Cc3ccccc3)c(=O)c3ccccc23)c1. The van der Waals surface area contributed by atoms with Gasteiger partial charge in [0.2, 0.25) is 0 Å². The molecular weight excluding hydrogens is 412 g/mol. The van der Waals surface area contributed by atoms with E-state index in [4.69, 9.17) is 0 Å². The standard InChI is InChI=1S/C27H28N4O2/c1-3-30(2)18-22-13-9-12-21(16-22)17-28-26(32)25-23-14-7-8-15-24(23)27(33)31(29-25)19-20-10-5-4-6-11-20/h4-16H,3,17-19H2,1-2H3,(H,28,32). The summed E-state index contributed by atoms with van der Waals surface area (Å²) < 4.78 is 1.37. The Kier molecular flexibility index (Phi) is 6.95. The Hall–Kier alpha value is -3.77. The fraction of sp³-hybridized carbons (Fsp3) is 0.222. The second kappa shape index (κ2) is 10.2. The first-order valence-electron chi connectivity index (χ1n) is 11.1. The predicted molar refractivity (Wildman–Crippen MR) is 131 cm³/mol. The number of nitrogens with zero attached hydrogens (tertiary/aromatic N) is 3. The molecule has 0 radical (unpaired) electrons. The molecule has 0 aliphatic rings. The van der Waals surface area contributed by atoms with Crippen molar-refractivity contribution in [1.82, 2.24) is 20.0 Å². The van der Waals surface area contributed by atoms with E-state index in [1.807, 2.05) is 48.5 Å². The summed E-state index contributed by atoms with van der Waals surface area (Å²) in [6, 6.07) is 25.0. The van der Waals surface area contributed by atoms with Crippen molar-refractivity contribution in [1.29, 1.82) is 0 Å². The average Bonchev–Trinajstić information content (AvgIpc) is 2.85. The van der Waals surface area contributed by atoms with E-state index < -0.39 is 0 Å². The van der Waals surface area contributed by atoms with Crippen LogP contribution in [-0.2, 0) is 19.6 Å². The molecule has 0 aliphatic carbocycles. The van der Waals surface area contributed by atoms with Gasteiger partial charge in [-0.25, -0.2) is 4.68 Å². The fourth-order valence-corrected chi connectivity index (χ4v) is 3.79. The molecule has 0 aliphatic heterocycles. The minimum Gasteiger partial charge on any atom is -0.347 e. The van der Waals surface area contributed by atoms with E-state index in [-0.39, 0.29) is 17.2 Å². The van der Waals surface area contributed by atoms with E-state index in [1.165, 1.54) is 10.2 Å². The number of aromatic nitrogens is 2. The molecule has 0 saturated heterocycles. The highest BCUT2D eigenvalue weighted by Gasteiger charge is 2.17. The van der Waals surface area contributed by atoms with E-state index in [0.717, 1.165) is 24.2 Å². The highest BCUT2D eigenvalue weighted by molar-refractivity contribution is 6.04. The van der Waals surface area contributed by atoms with Gasteiger partial charge in [-0.2, -0.15) is 5.10 Å². The van der Waals surface area contributed by atoms with Crippen molar-refractivity contribution >= 4 is 16.7 Å². The van der Waals surface area contributed by atoms with Crippen LogP contribution in [0.4, 0.5) is 0 Å². The van der Waals surface area contributed by atoms with Crippen LogP contribution in [0.5, 0.6) is 0 Å². The zero-order valence-corrected chi connectivity index (χ0v) is 19.0. The lowest BCUT2D eigenvalue weighted by atomic mass is 10.1. The molecule has 0 atom stereocenters. The summed E-state index contributed by atoms with van der Waals surface area (Å²) in [6.45, 7) is 4.64. The van der Waals surface area contributed by atoms with Gasteiger partial charge in [0, 0.05) is 18.5 Å². The van der Waals surface area contributed by atoms with Crippen molar-refractivity contribution in [3.63, 3.8) is 0 Å². The van der Waals surface area contributed by atoms with Gasteiger partial charge in [-0.05, 0) is 36.3 Å². The summed E-state index contributed by atoms with van der Waals surface area (Å²) in [5.74, 6) is -0.302. The van der Waals surface area contributed by atoms with Crippen LogP contribution in [0.1, 0.15) is 34.1 Å². The molecule has 6 heteroatoms. The molecule has 33 heavy (non-hydrogen) atoms. The number of hydrogen-bond donors (Lipinski definition) is 1. The number of amides is 1.